The summed E-state index contributed by atoms with van der Waals surface area (Å²) in [5.41, 5.74) is 0.103. The Hall–Kier alpha value is -1.57. The second-order valence-electron chi connectivity index (χ2n) is 7.61. The van der Waals surface area contributed by atoms with E-state index in [9.17, 15) is 4.79 Å². The van der Waals surface area contributed by atoms with E-state index in [1.165, 1.54) is 0 Å². The molecule has 0 N–H and O–H groups in total. The van der Waals surface area contributed by atoms with Crippen LogP contribution in [0.15, 0.2) is 24.3 Å². The third-order valence-electron chi connectivity index (χ3n) is 5.28. The van der Waals surface area contributed by atoms with Crippen molar-refractivity contribution in [1.29, 1.82) is 0 Å². The number of methoxy groups -OCH3 is 1. The SMILES string of the molecule is COC1CN(C(=O)COc2cccc(B3OC(C)(C)C(C)(C)O3)c2)C1. The van der Waals surface area contributed by atoms with Gasteiger partial charge in [-0.15, -0.1) is 0 Å². The van der Waals surface area contributed by atoms with E-state index >= 15 is 0 Å². The molecule has 2 saturated heterocycles. The smallest absolute Gasteiger partial charge is 0.484 e. The van der Waals surface area contributed by atoms with Gasteiger partial charge in [0.05, 0.1) is 17.3 Å². The molecule has 0 saturated carbocycles. The minimum absolute atomic E-state index is 0.0171. The van der Waals surface area contributed by atoms with Gasteiger partial charge in [0.1, 0.15) is 5.75 Å². The number of amides is 1. The van der Waals surface area contributed by atoms with Crippen LogP contribution in [0.5, 0.6) is 5.75 Å². The highest BCUT2D eigenvalue weighted by molar-refractivity contribution is 6.62. The number of ether oxygens (including phenoxy) is 2. The van der Waals surface area contributed by atoms with E-state index in [1.807, 2.05) is 52.0 Å². The second kappa shape index (κ2) is 6.63. The Morgan fingerprint density at radius 3 is 2.48 bits per heavy atom. The van der Waals surface area contributed by atoms with E-state index in [0.29, 0.717) is 18.8 Å². The van der Waals surface area contributed by atoms with Gasteiger partial charge in [-0.1, -0.05) is 12.1 Å². The first-order valence-corrected chi connectivity index (χ1v) is 8.61. The first kappa shape index (κ1) is 18.2. The molecule has 2 aliphatic heterocycles. The van der Waals surface area contributed by atoms with Crippen molar-refractivity contribution >= 4 is 18.5 Å². The van der Waals surface area contributed by atoms with E-state index in [-0.39, 0.29) is 29.8 Å². The van der Waals surface area contributed by atoms with Crippen LogP contribution >= 0.6 is 0 Å². The van der Waals surface area contributed by atoms with Gasteiger partial charge in [-0.25, -0.2) is 0 Å². The molecule has 1 amide bonds. The van der Waals surface area contributed by atoms with Crippen LogP contribution in [0.2, 0.25) is 0 Å². The fourth-order valence-electron chi connectivity index (χ4n) is 2.76. The average molecular weight is 347 g/mol. The largest absolute Gasteiger partial charge is 0.494 e. The Morgan fingerprint density at radius 1 is 1.24 bits per heavy atom. The van der Waals surface area contributed by atoms with E-state index in [1.54, 1.807) is 12.0 Å². The molecule has 136 valence electrons. The number of hydrogen-bond donors (Lipinski definition) is 0. The number of benzene rings is 1. The molecule has 7 heteroatoms. The predicted molar refractivity (Wildman–Crippen MR) is 95.0 cm³/mol. The molecule has 0 bridgehead atoms. The number of nitrogens with zero attached hydrogens (tertiary/aromatic N) is 1. The topological polar surface area (TPSA) is 57.2 Å². The summed E-state index contributed by atoms with van der Waals surface area (Å²) in [6.07, 6.45) is 0.149. The summed E-state index contributed by atoms with van der Waals surface area (Å²) in [7, 11) is 1.21. The zero-order valence-electron chi connectivity index (χ0n) is 15.6. The molecule has 0 atom stereocenters. The van der Waals surface area contributed by atoms with Crippen LogP contribution in [0.3, 0.4) is 0 Å². The molecule has 0 aromatic heterocycles. The van der Waals surface area contributed by atoms with Crippen LogP contribution < -0.4 is 10.2 Å². The van der Waals surface area contributed by atoms with E-state index in [4.69, 9.17) is 18.8 Å². The van der Waals surface area contributed by atoms with E-state index in [0.717, 1.165) is 5.46 Å². The normalized spacial score (nSPS) is 22.0. The average Bonchev–Trinajstić information content (AvgIpc) is 2.73. The fraction of sp³-hybridized carbons (Fsp3) is 0.611. The molecule has 0 aliphatic carbocycles. The van der Waals surface area contributed by atoms with Crippen molar-refractivity contribution in [2.24, 2.45) is 0 Å². The maximum absolute atomic E-state index is 12.1. The van der Waals surface area contributed by atoms with Crippen LogP contribution in [0.1, 0.15) is 27.7 Å². The monoisotopic (exact) mass is 347 g/mol. The molecule has 2 heterocycles. The van der Waals surface area contributed by atoms with Crippen molar-refractivity contribution in [2.75, 3.05) is 26.8 Å². The molecule has 25 heavy (non-hydrogen) atoms. The first-order chi connectivity index (χ1) is 11.7. The van der Waals surface area contributed by atoms with Crippen LogP contribution in [0, 0.1) is 0 Å². The lowest BCUT2D eigenvalue weighted by Crippen LogP contribution is -2.55. The van der Waals surface area contributed by atoms with Gasteiger partial charge in [-0.2, -0.15) is 0 Å². The Bertz CT molecular complexity index is 626. The van der Waals surface area contributed by atoms with Gasteiger partial charge in [0, 0.05) is 20.2 Å². The van der Waals surface area contributed by atoms with Crippen molar-refractivity contribution < 1.29 is 23.6 Å². The zero-order chi connectivity index (χ0) is 18.2. The van der Waals surface area contributed by atoms with Crippen LogP contribution in [-0.4, -0.2) is 62.0 Å². The Morgan fingerprint density at radius 2 is 1.88 bits per heavy atom. The highest BCUT2D eigenvalue weighted by Gasteiger charge is 2.51. The minimum Gasteiger partial charge on any atom is -0.484 e. The van der Waals surface area contributed by atoms with Crippen molar-refractivity contribution in [2.45, 2.75) is 45.0 Å². The van der Waals surface area contributed by atoms with Gasteiger partial charge < -0.3 is 23.7 Å². The highest BCUT2D eigenvalue weighted by atomic mass is 16.7. The molecule has 0 radical (unpaired) electrons. The number of carbonyl (C=O) groups is 1. The first-order valence-electron chi connectivity index (χ1n) is 8.61. The maximum Gasteiger partial charge on any atom is 0.494 e. The molecule has 0 spiro atoms. The van der Waals surface area contributed by atoms with Gasteiger partial charge in [-0.3, -0.25) is 4.79 Å². The van der Waals surface area contributed by atoms with Gasteiger partial charge in [0.2, 0.25) is 0 Å². The van der Waals surface area contributed by atoms with E-state index < -0.39 is 7.12 Å². The fourth-order valence-corrected chi connectivity index (χ4v) is 2.76. The lowest BCUT2D eigenvalue weighted by atomic mass is 9.79. The molecule has 2 aliphatic rings. The summed E-state index contributed by atoms with van der Waals surface area (Å²) in [5.74, 6) is 0.596. The molecule has 1 aromatic carbocycles. The number of carbonyl (C=O) groups excluding carboxylic acids is 1. The molecule has 6 nitrogen and oxygen atoms in total. The molecular formula is C18H26BNO5. The van der Waals surface area contributed by atoms with Gasteiger partial charge in [0.25, 0.3) is 5.91 Å². The van der Waals surface area contributed by atoms with Crippen molar-refractivity contribution in [3.05, 3.63) is 24.3 Å². The quantitative estimate of drug-likeness (QED) is 0.750. The van der Waals surface area contributed by atoms with Gasteiger partial charge in [0.15, 0.2) is 6.61 Å². The Balaban J connectivity index is 1.58. The molecular weight excluding hydrogens is 321 g/mol. The third kappa shape index (κ3) is 3.68. The lowest BCUT2D eigenvalue weighted by Gasteiger charge is -2.37. The summed E-state index contributed by atoms with van der Waals surface area (Å²) in [6.45, 7) is 9.36. The summed E-state index contributed by atoms with van der Waals surface area (Å²) in [6, 6.07) is 7.51. The standard InChI is InChI=1S/C18H26BNO5/c1-17(2)18(3,4)25-19(24-17)13-7-6-8-14(9-13)23-12-16(21)20-10-15(11-20)22-5/h6-9,15H,10-12H2,1-5H3. The van der Waals surface area contributed by atoms with Crippen molar-refractivity contribution in [3.8, 4) is 5.75 Å². The Kier molecular flexibility index (Phi) is 4.83. The van der Waals surface area contributed by atoms with Crippen LogP contribution in [-0.2, 0) is 18.8 Å². The van der Waals surface area contributed by atoms with Gasteiger partial charge >= 0.3 is 7.12 Å². The lowest BCUT2D eigenvalue weighted by molar-refractivity contribution is -0.145. The molecule has 2 fully saturated rings. The van der Waals surface area contributed by atoms with Crippen LogP contribution in [0.4, 0.5) is 0 Å². The minimum atomic E-state index is -0.443. The number of rotatable bonds is 5. The van der Waals surface area contributed by atoms with Crippen molar-refractivity contribution in [3.63, 3.8) is 0 Å². The van der Waals surface area contributed by atoms with E-state index in [2.05, 4.69) is 0 Å². The van der Waals surface area contributed by atoms with Gasteiger partial charge in [-0.05, 0) is 45.3 Å². The van der Waals surface area contributed by atoms with Crippen molar-refractivity contribution in [1.82, 2.24) is 4.90 Å². The summed E-state index contributed by atoms with van der Waals surface area (Å²) in [4.78, 5) is 13.8. The highest BCUT2D eigenvalue weighted by Crippen LogP contribution is 2.36. The predicted octanol–water partition coefficient (Wildman–Crippen LogP) is 1.22. The summed E-state index contributed by atoms with van der Waals surface area (Å²) in [5, 5.41) is 0. The second-order valence-corrected chi connectivity index (χ2v) is 7.61. The molecule has 0 unspecified atom stereocenters. The maximum atomic E-state index is 12.1. The molecule has 3 rings (SSSR count). The Labute approximate surface area is 149 Å². The number of hydrogen-bond acceptors (Lipinski definition) is 5. The molecule has 1 aromatic rings. The summed E-state index contributed by atoms with van der Waals surface area (Å²) >= 11 is 0. The zero-order valence-corrected chi connectivity index (χ0v) is 15.6. The summed E-state index contributed by atoms with van der Waals surface area (Å²) < 4.78 is 22.9. The number of likely N-dealkylation sites (tertiary alicyclic amines) is 1. The third-order valence-corrected chi connectivity index (χ3v) is 5.28. The van der Waals surface area contributed by atoms with Crippen LogP contribution in [0.25, 0.3) is 0 Å².